The largest absolute Gasteiger partial charge is 0.490 e. The Morgan fingerprint density at radius 1 is 1.19 bits per heavy atom. The molecular weight excluding hydrogens is 260 g/mol. The first-order chi connectivity index (χ1) is 10.3. The van der Waals surface area contributed by atoms with E-state index in [1.165, 1.54) is 11.3 Å². The van der Waals surface area contributed by atoms with Gasteiger partial charge in [-0.05, 0) is 37.1 Å². The van der Waals surface area contributed by atoms with Crippen molar-refractivity contribution in [2.45, 2.75) is 19.4 Å². The van der Waals surface area contributed by atoms with Crippen molar-refractivity contribution in [2.75, 3.05) is 18.1 Å². The SMILES string of the molecule is CC1Cc2ccccc2N1CCOc1ccccc1C#N. The molecule has 0 fully saturated rings. The van der Waals surface area contributed by atoms with Gasteiger partial charge in [-0.1, -0.05) is 30.3 Å². The molecule has 1 unspecified atom stereocenters. The van der Waals surface area contributed by atoms with E-state index >= 15 is 0 Å². The van der Waals surface area contributed by atoms with Gasteiger partial charge >= 0.3 is 0 Å². The second kappa shape index (κ2) is 5.88. The number of para-hydroxylation sites is 2. The zero-order chi connectivity index (χ0) is 14.7. The predicted molar refractivity (Wildman–Crippen MR) is 83.6 cm³/mol. The standard InChI is InChI=1S/C18H18N2O/c1-14-12-15-6-2-4-8-17(15)20(14)10-11-21-18-9-5-3-7-16(18)13-19/h2-9,14H,10-12H2,1H3. The van der Waals surface area contributed by atoms with E-state index in [2.05, 4.69) is 42.2 Å². The van der Waals surface area contributed by atoms with Crippen molar-refractivity contribution in [2.24, 2.45) is 0 Å². The van der Waals surface area contributed by atoms with Crippen LogP contribution in [-0.4, -0.2) is 19.2 Å². The second-order valence-electron chi connectivity index (χ2n) is 5.33. The van der Waals surface area contributed by atoms with Gasteiger partial charge in [-0.3, -0.25) is 0 Å². The highest BCUT2D eigenvalue weighted by molar-refractivity contribution is 5.59. The van der Waals surface area contributed by atoms with E-state index in [-0.39, 0.29) is 0 Å². The molecule has 2 aromatic rings. The summed E-state index contributed by atoms with van der Waals surface area (Å²) in [6, 6.07) is 18.6. The summed E-state index contributed by atoms with van der Waals surface area (Å²) >= 11 is 0. The van der Waals surface area contributed by atoms with Crippen LogP contribution in [0.2, 0.25) is 0 Å². The van der Waals surface area contributed by atoms with E-state index in [0.29, 0.717) is 24.0 Å². The van der Waals surface area contributed by atoms with Crippen LogP contribution in [0.5, 0.6) is 5.75 Å². The van der Waals surface area contributed by atoms with Crippen molar-refractivity contribution >= 4 is 5.69 Å². The third-order valence-electron chi connectivity index (χ3n) is 3.95. The number of hydrogen-bond donors (Lipinski definition) is 0. The van der Waals surface area contributed by atoms with Crippen molar-refractivity contribution in [3.05, 3.63) is 59.7 Å². The van der Waals surface area contributed by atoms with Crippen molar-refractivity contribution < 1.29 is 4.74 Å². The number of hydrogen-bond acceptors (Lipinski definition) is 3. The molecule has 1 atom stereocenters. The first-order valence-electron chi connectivity index (χ1n) is 7.26. The summed E-state index contributed by atoms with van der Waals surface area (Å²) in [5.41, 5.74) is 3.30. The molecule has 0 spiro atoms. The normalized spacial score (nSPS) is 16.4. The van der Waals surface area contributed by atoms with E-state index in [0.717, 1.165) is 13.0 Å². The molecule has 0 aromatic heterocycles. The molecule has 106 valence electrons. The second-order valence-corrected chi connectivity index (χ2v) is 5.33. The molecule has 0 amide bonds. The number of benzene rings is 2. The molecular formula is C18H18N2O. The lowest BCUT2D eigenvalue weighted by Gasteiger charge is -2.24. The third kappa shape index (κ3) is 2.71. The minimum absolute atomic E-state index is 0.497. The molecule has 1 aliphatic heterocycles. The molecule has 21 heavy (non-hydrogen) atoms. The fourth-order valence-electron chi connectivity index (χ4n) is 2.91. The molecule has 3 heteroatoms. The minimum Gasteiger partial charge on any atom is -0.490 e. The van der Waals surface area contributed by atoms with Crippen LogP contribution in [0.15, 0.2) is 48.5 Å². The van der Waals surface area contributed by atoms with Gasteiger partial charge in [0.05, 0.1) is 12.1 Å². The van der Waals surface area contributed by atoms with E-state index in [9.17, 15) is 0 Å². The Hall–Kier alpha value is -2.47. The monoisotopic (exact) mass is 278 g/mol. The lowest BCUT2D eigenvalue weighted by Crippen LogP contribution is -2.33. The number of nitriles is 1. The Kier molecular flexibility index (Phi) is 3.79. The number of anilines is 1. The van der Waals surface area contributed by atoms with Crippen LogP contribution in [0.25, 0.3) is 0 Å². The Labute approximate surface area is 125 Å². The summed E-state index contributed by atoms with van der Waals surface area (Å²) in [5, 5.41) is 9.06. The molecule has 3 nitrogen and oxygen atoms in total. The van der Waals surface area contributed by atoms with Gasteiger partial charge in [0.2, 0.25) is 0 Å². The molecule has 1 heterocycles. The quantitative estimate of drug-likeness (QED) is 0.860. The molecule has 0 radical (unpaired) electrons. The maximum Gasteiger partial charge on any atom is 0.137 e. The van der Waals surface area contributed by atoms with Crippen LogP contribution in [0.3, 0.4) is 0 Å². The first-order valence-corrected chi connectivity index (χ1v) is 7.26. The van der Waals surface area contributed by atoms with Gasteiger partial charge in [0.25, 0.3) is 0 Å². The molecule has 3 rings (SSSR count). The minimum atomic E-state index is 0.497. The molecule has 1 aliphatic rings. The summed E-state index contributed by atoms with van der Waals surface area (Å²) in [6.45, 7) is 3.65. The highest BCUT2D eigenvalue weighted by Gasteiger charge is 2.24. The molecule has 0 saturated heterocycles. The van der Waals surface area contributed by atoms with Gasteiger partial charge in [0.15, 0.2) is 0 Å². The first kappa shape index (κ1) is 13.5. The molecule has 2 aromatic carbocycles. The van der Waals surface area contributed by atoms with E-state index in [1.54, 1.807) is 6.07 Å². The topological polar surface area (TPSA) is 36.3 Å². The maximum absolute atomic E-state index is 9.06. The van der Waals surface area contributed by atoms with Gasteiger partial charge in [0.1, 0.15) is 18.4 Å². The third-order valence-corrected chi connectivity index (χ3v) is 3.95. The lowest BCUT2D eigenvalue weighted by atomic mass is 10.1. The summed E-state index contributed by atoms with van der Waals surface area (Å²) in [6.07, 6.45) is 1.09. The fraction of sp³-hybridized carbons (Fsp3) is 0.278. The van der Waals surface area contributed by atoms with Gasteiger partial charge in [-0.2, -0.15) is 5.26 Å². The average Bonchev–Trinajstić information content (AvgIpc) is 2.84. The number of rotatable bonds is 4. The Balaban J connectivity index is 1.65. The zero-order valence-electron chi connectivity index (χ0n) is 12.1. The van der Waals surface area contributed by atoms with Crippen LogP contribution in [0.4, 0.5) is 5.69 Å². The van der Waals surface area contributed by atoms with Crippen LogP contribution >= 0.6 is 0 Å². The van der Waals surface area contributed by atoms with Crippen molar-refractivity contribution in [3.8, 4) is 11.8 Å². The number of nitrogens with zero attached hydrogens (tertiary/aromatic N) is 2. The zero-order valence-corrected chi connectivity index (χ0v) is 12.1. The summed E-state index contributed by atoms with van der Waals surface area (Å²) in [4.78, 5) is 2.38. The van der Waals surface area contributed by atoms with E-state index < -0.39 is 0 Å². The van der Waals surface area contributed by atoms with Crippen molar-refractivity contribution in [1.29, 1.82) is 5.26 Å². The van der Waals surface area contributed by atoms with E-state index in [4.69, 9.17) is 10.00 Å². The van der Waals surface area contributed by atoms with Crippen molar-refractivity contribution in [3.63, 3.8) is 0 Å². The molecule has 0 aliphatic carbocycles. The Morgan fingerprint density at radius 3 is 2.81 bits per heavy atom. The number of fused-ring (bicyclic) bond motifs is 1. The van der Waals surface area contributed by atoms with Gasteiger partial charge in [-0.15, -0.1) is 0 Å². The fourth-order valence-corrected chi connectivity index (χ4v) is 2.91. The molecule has 0 N–H and O–H groups in total. The van der Waals surface area contributed by atoms with Crippen LogP contribution in [0.1, 0.15) is 18.1 Å². The van der Waals surface area contributed by atoms with Crippen LogP contribution < -0.4 is 9.64 Å². The maximum atomic E-state index is 9.06. The predicted octanol–water partition coefficient (Wildman–Crippen LogP) is 3.39. The summed E-state index contributed by atoms with van der Waals surface area (Å²) in [5.74, 6) is 0.667. The smallest absolute Gasteiger partial charge is 0.137 e. The Morgan fingerprint density at radius 2 is 1.95 bits per heavy atom. The molecule has 0 bridgehead atoms. The molecule has 0 saturated carbocycles. The average molecular weight is 278 g/mol. The number of ether oxygens (including phenoxy) is 1. The van der Waals surface area contributed by atoms with E-state index in [1.807, 2.05) is 18.2 Å². The van der Waals surface area contributed by atoms with Crippen LogP contribution in [0, 0.1) is 11.3 Å². The van der Waals surface area contributed by atoms with Gasteiger partial charge in [-0.25, -0.2) is 0 Å². The highest BCUT2D eigenvalue weighted by atomic mass is 16.5. The summed E-state index contributed by atoms with van der Waals surface area (Å²) in [7, 11) is 0. The van der Waals surface area contributed by atoms with Crippen LogP contribution in [-0.2, 0) is 6.42 Å². The van der Waals surface area contributed by atoms with Crippen molar-refractivity contribution in [1.82, 2.24) is 0 Å². The highest BCUT2D eigenvalue weighted by Crippen LogP contribution is 2.31. The summed E-state index contributed by atoms with van der Waals surface area (Å²) < 4.78 is 5.79. The van der Waals surface area contributed by atoms with Gasteiger partial charge in [0, 0.05) is 11.7 Å². The Bertz CT molecular complexity index is 675. The lowest BCUT2D eigenvalue weighted by molar-refractivity contribution is 0.320. The van der Waals surface area contributed by atoms with Gasteiger partial charge < -0.3 is 9.64 Å².